The van der Waals surface area contributed by atoms with Gasteiger partial charge in [-0.2, -0.15) is 0 Å². The Morgan fingerprint density at radius 1 is 1.27 bits per heavy atom. The minimum atomic E-state index is -0.726. The molecule has 0 spiro atoms. The van der Waals surface area contributed by atoms with E-state index in [1.807, 2.05) is 0 Å². The van der Waals surface area contributed by atoms with Gasteiger partial charge in [0.2, 0.25) is 0 Å². The Balaban J connectivity index is 0.00000196. The smallest absolute Gasteiger partial charge is 0.132 e. The molecule has 0 aliphatic carbocycles. The summed E-state index contributed by atoms with van der Waals surface area (Å²) in [6, 6.07) is 1.35. The Hall–Kier alpha value is -0.420. The number of halogens is 4. The first-order valence-electron chi connectivity index (χ1n) is 4.16. The van der Waals surface area contributed by atoms with Crippen LogP contribution in [0.4, 0.5) is 8.78 Å². The van der Waals surface area contributed by atoms with Crippen molar-refractivity contribution >= 4 is 24.0 Å². The Morgan fingerprint density at radius 3 is 2.13 bits per heavy atom. The summed E-state index contributed by atoms with van der Waals surface area (Å²) < 4.78 is 26.5. The molecule has 0 saturated heterocycles. The van der Waals surface area contributed by atoms with Gasteiger partial charge in [-0.1, -0.05) is 11.6 Å². The Kier molecular flexibility index (Phi) is 6.05. The minimum absolute atomic E-state index is 0. The van der Waals surface area contributed by atoms with Crippen molar-refractivity contribution in [2.24, 2.45) is 11.5 Å². The third-order valence-corrected chi connectivity index (χ3v) is 2.11. The minimum Gasteiger partial charge on any atom is -0.330 e. The van der Waals surface area contributed by atoms with Crippen LogP contribution >= 0.6 is 24.0 Å². The van der Waals surface area contributed by atoms with E-state index in [1.165, 1.54) is 0 Å². The lowest BCUT2D eigenvalue weighted by Crippen LogP contribution is -2.18. The average Bonchev–Trinajstić information content (AvgIpc) is 2.01. The summed E-state index contributed by atoms with van der Waals surface area (Å²) in [6.45, 7) is 0.280. The van der Waals surface area contributed by atoms with Gasteiger partial charge in [-0.15, -0.1) is 12.4 Å². The van der Waals surface area contributed by atoms with Crippen LogP contribution in [0.2, 0.25) is 5.02 Å². The van der Waals surface area contributed by atoms with Crippen LogP contribution in [0.3, 0.4) is 0 Å². The van der Waals surface area contributed by atoms with Gasteiger partial charge in [0.05, 0.1) is 0 Å². The van der Waals surface area contributed by atoms with E-state index in [-0.39, 0.29) is 29.5 Å². The zero-order chi connectivity index (χ0) is 10.7. The quantitative estimate of drug-likeness (QED) is 0.873. The molecule has 2 nitrogen and oxygen atoms in total. The van der Waals surface area contributed by atoms with Crippen molar-refractivity contribution in [3.05, 3.63) is 34.4 Å². The molecular weight excluding hydrogens is 245 g/mol. The fourth-order valence-electron chi connectivity index (χ4n) is 1.23. The molecule has 0 unspecified atom stereocenters. The highest BCUT2D eigenvalue weighted by Gasteiger charge is 2.16. The number of rotatable bonds is 3. The van der Waals surface area contributed by atoms with Crippen LogP contribution in [-0.4, -0.2) is 6.54 Å². The van der Waals surface area contributed by atoms with Gasteiger partial charge in [0.25, 0.3) is 0 Å². The lowest BCUT2D eigenvalue weighted by Gasteiger charge is -2.12. The van der Waals surface area contributed by atoms with Crippen molar-refractivity contribution in [1.29, 1.82) is 0 Å². The maximum Gasteiger partial charge on any atom is 0.132 e. The molecule has 0 amide bonds. The summed E-state index contributed by atoms with van der Waals surface area (Å²) in [7, 11) is 0. The third-order valence-electron chi connectivity index (χ3n) is 1.89. The Morgan fingerprint density at radius 2 is 1.73 bits per heavy atom. The Labute approximate surface area is 98.0 Å². The molecule has 0 saturated carbocycles. The number of nitrogens with two attached hydrogens (primary N) is 2. The second-order valence-corrected chi connectivity index (χ2v) is 3.40. The second-order valence-electron chi connectivity index (χ2n) is 2.97. The van der Waals surface area contributed by atoms with Crippen LogP contribution in [-0.2, 0) is 0 Å². The van der Waals surface area contributed by atoms with E-state index >= 15 is 0 Å². The van der Waals surface area contributed by atoms with Gasteiger partial charge in [-0.3, -0.25) is 0 Å². The normalized spacial score (nSPS) is 12.1. The standard InChI is InChI=1S/C9H11ClF2N2.ClH/c10-5-3-6(11)9(7(12)4-5)8(14)1-2-13;/h3-4,8H,1-2,13-14H2;1H/t8-;/m0./s1. The van der Waals surface area contributed by atoms with Crippen molar-refractivity contribution in [1.82, 2.24) is 0 Å². The molecule has 4 N–H and O–H groups in total. The summed E-state index contributed by atoms with van der Waals surface area (Å²) in [6.07, 6.45) is 0.329. The molecule has 0 bridgehead atoms. The van der Waals surface area contributed by atoms with Crippen molar-refractivity contribution in [3.8, 4) is 0 Å². The predicted molar refractivity (Wildman–Crippen MR) is 59.2 cm³/mol. The maximum atomic E-state index is 13.2. The van der Waals surface area contributed by atoms with Gasteiger partial charge in [0.15, 0.2) is 0 Å². The van der Waals surface area contributed by atoms with Crippen LogP contribution < -0.4 is 11.5 Å². The van der Waals surface area contributed by atoms with Crippen LogP contribution in [0.25, 0.3) is 0 Å². The number of hydrogen-bond acceptors (Lipinski definition) is 2. The predicted octanol–water partition coefficient (Wildman–Crippen LogP) is 2.39. The molecule has 0 aromatic heterocycles. The zero-order valence-electron chi connectivity index (χ0n) is 7.84. The van der Waals surface area contributed by atoms with E-state index in [1.54, 1.807) is 0 Å². The van der Waals surface area contributed by atoms with Gasteiger partial charge >= 0.3 is 0 Å². The first-order chi connectivity index (χ1) is 6.56. The maximum absolute atomic E-state index is 13.2. The molecule has 0 aliphatic rings. The molecule has 1 rings (SSSR count). The van der Waals surface area contributed by atoms with Gasteiger partial charge in [0, 0.05) is 16.6 Å². The lowest BCUT2D eigenvalue weighted by atomic mass is 10.0. The van der Waals surface area contributed by atoms with E-state index in [2.05, 4.69) is 0 Å². The van der Waals surface area contributed by atoms with E-state index in [4.69, 9.17) is 23.1 Å². The summed E-state index contributed by atoms with van der Waals surface area (Å²) in [5, 5.41) is 0.0173. The molecule has 1 aromatic rings. The number of benzene rings is 1. The molecule has 0 aliphatic heterocycles. The molecular formula is C9H12Cl2F2N2. The fourth-order valence-corrected chi connectivity index (χ4v) is 1.42. The van der Waals surface area contributed by atoms with Crippen molar-refractivity contribution < 1.29 is 8.78 Å². The fraction of sp³-hybridized carbons (Fsp3) is 0.333. The van der Waals surface area contributed by atoms with E-state index in [9.17, 15) is 8.78 Å². The first-order valence-corrected chi connectivity index (χ1v) is 4.54. The molecule has 6 heteroatoms. The highest BCUT2D eigenvalue weighted by Crippen LogP contribution is 2.24. The molecule has 1 atom stereocenters. The van der Waals surface area contributed by atoms with Gasteiger partial charge in [-0.25, -0.2) is 8.78 Å². The molecule has 1 aromatic carbocycles. The van der Waals surface area contributed by atoms with Crippen LogP contribution in [0, 0.1) is 11.6 Å². The van der Waals surface area contributed by atoms with E-state index in [0.29, 0.717) is 6.42 Å². The Bertz CT molecular complexity index is 311. The van der Waals surface area contributed by atoms with E-state index < -0.39 is 17.7 Å². The second kappa shape index (κ2) is 6.23. The van der Waals surface area contributed by atoms with Crippen molar-refractivity contribution in [2.75, 3.05) is 6.54 Å². The largest absolute Gasteiger partial charge is 0.330 e. The molecule has 86 valence electrons. The summed E-state index contributed by atoms with van der Waals surface area (Å²) in [5.74, 6) is -1.45. The molecule has 0 fully saturated rings. The van der Waals surface area contributed by atoms with Crippen LogP contribution in [0.5, 0.6) is 0 Å². The number of hydrogen-bond donors (Lipinski definition) is 2. The molecule has 15 heavy (non-hydrogen) atoms. The van der Waals surface area contributed by atoms with Gasteiger partial charge in [0.1, 0.15) is 11.6 Å². The highest BCUT2D eigenvalue weighted by molar-refractivity contribution is 6.30. The van der Waals surface area contributed by atoms with Gasteiger partial charge in [-0.05, 0) is 25.1 Å². The zero-order valence-corrected chi connectivity index (χ0v) is 9.42. The lowest BCUT2D eigenvalue weighted by molar-refractivity contribution is 0.515. The topological polar surface area (TPSA) is 52.0 Å². The summed E-state index contributed by atoms with van der Waals surface area (Å²) >= 11 is 5.46. The van der Waals surface area contributed by atoms with Crippen LogP contribution in [0.1, 0.15) is 18.0 Å². The highest BCUT2D eigenvalue weighted by atomic mass is 35.5. The van der Waals surface area contributed by atoms with Crippen molar-refractivity contribution in [2.45, 2.75) is 12.5 Å². The van der Waals surface area contributed by atoms with E-state index in [0.717, 1.165) is 12.1 Å². The van der Waals surface area contributed by atoms with Gasteiger partial charge < -0.3 is 11.5 Å². The van der Waals surface area contributed by atoms with Crippen LogP contribution in [0.15, 0.2) is 12.1 Å². The van der Waals surface area contributed by atoms with Crippen molar-refractivity contribution in [3.63, 3.8) is 0 Å². The summed E-state index contributed by atoms with van der Waals surface area (Å²) in [5.41, 5.74) is 10.6. The monoisotopic (exact) mass is 256 g/mol. The first kappa shape index (κ1) is 14.6. The molecule has 0 heterocycles. The third kappa shape index (κ3) is 3.57. The molecule has 0 radical (unpaired) electrons. The average molecular weight is 257 g/mol. The SMILES string of the molecule is Cl.NCC[C@H](N)c1c(F)cc(Cl)cc1F. The summed E-state index contributed by atoms with van der Waals surface area (Å²) in [4.78, 5) is 0.